The summed E-state index contributed by atoms with van der Waals surface area (Å²) in [6.45, 7) is 6.44. The van der Waals surface area contributed by atoms with Crippen LogP contribution in [0.1, 0.15) is 43.1 Å². The third-order valence-electron chi connectivity index (χ3n) is 3.97. The Hall–Kier alpha value is -1.16. The van der Waals surface area contributed by atoms with Gasteiger partial charge in [-0.2, -0.15) is 0 Å². The van der Waals surface area contributed by atoms with Gasteiger partial charge in [-0.3, -0.25) is 0 Å². The molecule has 0 radical (unpaired) electrons. The number of aryl methyl sites for hydroxylation is 1. The molecule has 98 valence electrons. The zero-order valence-corrected chi connectivity index (χ0v) is 11.2. The molecule has 0 unspecified atom stereocenters. The highest BCUT2D eigenvalue weighted by Crippen LogP contribution is 2.23. The molecule has 0 amide bonds. The van der Waals surface area contributed by atoms with Gasteiger partial charge in [-0.1, -0.05) is 12.8 Å². The SMILES string of the molecule is Cc1nc(C2CNC2)cc(N2CCCCCC2)n1. The molecule has 0 bridgehead atoms. The van der Waals surface area contributed by atoms with Crippen LogP contribution in [0.5, 0.6) is 0 Å². The monoisotopic (exact) mass is 246 g/mol. The number of rotatable bonds is 2. The summed E-state index contributed by atoms with van der Waals surface area (Å²) in [4.78, 5) is 11.7. The number of hydrogen-bond donors (Lipinski definition) is 1. The minimum atomic E-state index is 0.595. The third-order valence-corrected chi connectivity index (χ3v) is 3.97. The van der Waals surface area contributed by atoms with Crippen LogP contribution in [0.2, 0.25) is 0 Å². The lowest BCUT2D eigenvalue weighted by atomic mass is 9.99. The van der Waals surface area contributed by atoms with Crippen LogP contribution in [0.15, 0.2) is 6.07 Å². The van der Waals surface area contributed by atoms with E-state index >= 15 is 0 Å². The highest BCUT2D eigenvalue weighted by atomic mass is 15.2. The molecule has 18 heavy (non-hydrogen) atoms. The second-order valence-corrected chi connectivity index (χ2v) is 5.45. The molecule has 2 aliphatic rings. The maximum atomic E-state index is 4.63. The Morgan fingerprint density at radius 3 is 2.44 bits per heavy atom. The summed E-state index contributed by atoms with van der Waals surface area (Å²) < 4.78 is 0. The van der Waals surface area contributed by atoms with Gasteiger partial charge in [0.15, 0.2) is 0 Å². The lowest BCUT2D eigenvalue weighted by Gasteiger charge is -2.28. The highest BCUT2D eigenvalue weighted by molar-refractivity contribution is 5.41. The fraction of sp³-hybridized carbons (Fsp3) is 0.714. The van der Waals surface area contributed by atoms with Crippen molar-refractivity contribution >= 4 is 5.82 Å². The summed E-state index contributed by atoms with van der Waals surface area (Å²) in [5, 5.41) is 3.31. The van der Waals surface area contributed by atoms with Crippen molar-refractivity contribution in [3.63, 3.8) is 0 Å². The lowest BCUT2D eigenvalue weighted by Crippen LogP contribution is -2.40. The van der Waals surface area contributed by atoms with Crippen LogP contribution in [0, 0.1) is 6.92 Å². The van der Waals surface area contributed by atoms with Crippen molar-refractivity contribution in [1.29, 1.82) is 0 Å². The van der Waals surface area contributed by atoms with Crippen LogP contribution in [0.4, 0.5) is 5.82 Å². The average molecular weight is 246 g/mol. The van der Waals surface area contributed by atoms with E-state index in [1.165, 1.54) is 31.4 Å². The first-order valence-corrected chi connectivity index (χ1v) is 7.14. The minimum Gasteiger partial charge on any atom is -0.357 e. The van der Waals surface area contributed by atoms with E-state index in [0.717, 1.165) is 37.8 Å². The fourth-order valence-corrected chi connectivity index (χ4v) is 2.74. The van der Waals surface area contributed by atoms with Gasteiger partial charge >= 0.3 is 0 Å². The standard InChI is InChI=1S/C14H22N4/c1-11-16-13(12-9-15-10-12)8-14(17-11)18-6-4-2-3-5-7-18/h8,12,15H,2-7,9-10H2,1H3. The number of anilines is 1. The van der Waals surface area contributed by atoms with Gasteiger partial charge in [0.2, 0.25) is 0 Å². The van der Waals surface area contributed by atoms with E-state index in [1.807, 2.05) is 6.92 Å². The summed E-state index contributed by atoms with van der Waals surface area (Å²) in [5.41, 5.74) is 1.22. The van der Waals surface area contributed by atoms with Crippen LogP contribution in [-0.4, -0.2) is 36.1 Å². The van der Waals surface area contributed by atoms with E-state index in [0.29, 0.717) is 5.92 Å². The molecule has 0 aromatic carbocycles. The van der Waals surface area contributed by atoms with E-state index in [2.05, 4.69) is 26.3 Å². The van der Waals surface area contributed by atoms with E-state index in [9.17, 15) is 0 Å². The van der Waals surface area contributed by atoms with Gasteiger partial charge in [0.25, 0.3) is 0 Å². The van der Waals surface area contributed by atoms with Crippen LogP contribution in [0.25, 0.3) is 0 Å². The summed E-state index contributed by atoms with van der Waals surface area (Å²) in [7, 11) is 0. The first kappa shape index (κ1) is 11.9. The Labute approximate surface area is 109 Å². The van der Waals surface area contributed by atoms with Gasteiger partial charge in [-0.05, 0) is 19.8 Å². The molecule has 0 atom stereocenters. The van der Waals surface area contributed by atoms with Crippen molar-refractivity contribution < 1.29 is 0 Å². The molecule has 4 nitrogen and oxygen atoms in total. The predicted molar refractivity (Wildman–Crippen MR) is 73.1 cm³/mol. The summed E-state index contributed by atoms with van der Waals surface area (Å²) in [6.07, 6.45) is 5.31. The number of nitrogens with one attached hydrogen (secondary N) is 1. The molecule has 0 spiro atoms. The molecule has 2 fully saturated rings. The van der Waals surface area contributed by atoms with Gasteiger partial charge in [0.05, 0.1) is 5.69 Å². The molecular weight excluding hydrogens is 224 g/mol. The number of aromatic nitrogens is 2. The molecule has 0 saturated carbocycles. The quantitative estimate of drug-likeness (QED) is 0.864. The molecule has 4 heteroatoms. The van der Waals surface area contributed by atoms with Gasteiger partial charge in [-0.15, -0.1) is 0 Å². The summed E-state index contributed by atoms with van der Waals surface area (Å²) in [6, 6.07) is 2.21. The molecule has 2 aliphatic heterocycles. The summed E-state index contributed by atoms with van der Waals surface area (Å²) >= 11 is 0. The van der Waals surface area contributed by atoms with Crippen molar-refractivity contribution in [2.75, 3.05) is 31.1 Å². The first-order valence-electron chi connectivity index (χ1n) is 7.14. The van der Waals surface area contributed by atoms with Crippen molar-refractivity contribution in [3.05, 3.63) is 17.6 Å². The lowest BCUT2D eigenvalue weighted by molar-refractivity contribution is 0.438. The zero-order chi connectivity index (χ0) is 12.4. The maximum absolute atomic E-state index is 4.63. The Kier molecular flexibility index (Phi) is 3.46. The van der Waals surface area contributed by atoms with E-state index in [1.54, 1.807) is 0 Å². The van der Waals surface area contributed by atoms with Gasteiger partial charge in [-0.25, -0.2) is 9.97 Å². The largest absolute Gasteiger partial charge is 0.357 e. The highest BCUT2D eigenvalue weighted by Gasteiger charge is 2.22. The van der Waals surface area contributed by atoms with E-state index in [-0.39, 0.29) is 0 Å². The Morgan fingerprint density at radius 2 is 1.83 bits per heavy atom. The zero-order valence-electron chi connectivity index (χ0n) is 11.2. The second-order valence-electron chi connectivity index (χ2n) is 5.45. The molecule has 3 rings (SSSR count). The van der Waals surface area contributed by atoms with Crippen LogP contribution in [0.3, 0.4) is 0 Å². The molecule has 1 N–H and O–H groups in total. The summed E-state index contributed by atoms with van der Waals surface area (Å²) in [5.74, 6) is 2.65. The minimum absolute atomic E-state index is 0.595. The molecule has 2 saturated heterocycles. The van der Waals surface area contributed by atoms with Gasteiger partial charge < -0.3 is 10.2 Å². The predicted octanol–water partition coefficient (Wildman–Crippen LogP) is 1.85. The van der Waals surface area contributed by atoms with E-state index in [4.69, 9.17) is 0 Å². The van der Waals surface area contributed by atoms with Gasteiger partial charge in [0, 0.05) is 38.2 Å². The molecule has 1 aromatic rings. The van der Waals surface area contributed by atoms with Crippen molar-refractivity contribution in [2.45, 2.75) is 38.5 Å². The van der Waals surface area contributed by atoms with Crippen LogP contribution < -0.4 is 10.2 Å². The second kappa shape index (κ2) is 5.22. The van der Waals surface area contributed by atoms with Crippen molar-refractivity contribution in [1.82, 2.24) is 15.3 Å². The number of hydrogen-bond acceptors (Lipinski definition) is 4. The maximum Gasteiger partial charge on any atom is 0.132 e. The fourth-order valence-electron chi connectivity index (χ4n) is 2.74. The average Bonchev–Trinajstić information content (AvgIpc) is 2.54. The van der Waals surface area contributed by atoms with Crippen LogP contribution >= 0.6 is 0 Å². The van der Waals surface area contributed by atoms with Crippen molar-refractivity contribution in [2.24, 2.45) is 0 Å². The molecule has 1 aromatic heterocycles. The smallest absolute Gasteiger partial charge is 0.132 e. The Balaban J connectivity index is 1.83. The number of nitrogens with zero attached hydrogens (tertiary/aromatic N) is 3. The van der Waals surface area contributed by atoms with Crippen molar-refractivity contribution in [3.8, 4) is 0 Å². The molecule has 3 heterocycles. The Bertz CT molecular complexity index is 406. The molecular formula is C14H22N4. The first-order chi connectivity index (χ1) is 8.83. The topological polar surface area (TPSA) is 41.1 Å². The normalized spacial score (nSPS) is 21.5. The van der Waals surface area contributed by atoms with Crippen LogP contribution in [-0.2, 0) is 0 Å². The third kappa shape index (κ3) is 2.48. The molecule has 0 aliphatic carbocycles. The van der Waals surface area contributed by atoms with E-state index < -0.39 is 0 Å². The van der Waals surface area contributed by atoms with Gasteiger partial charge in [0.1, 0.15) is 11.6 Å². The Morgan fingerprint density at radius 1 is 1.11 bits per heavy atom.